The monoisotopic (exact) mass is 616 g/mol. The fraction of sp³-hybridized carbons (Fsp3) is 0.263. The molecule has 0 spiro atoms. The van der Waals surface area contributed by atoms with Crippen LogP contribution in [0.3, 0.4) is 0 Å². The molecule has 2 aromatic heterocycles. The molecule has 5 aromatic rings. The van der Waals surface area contributed by atoms with Crippen LogP contribution in [0.5, 0.6) is 0 Å². The molecule has 0 fully saturated rings. The number of thiazole rings is 2. The fourth-order valence-corrected chi connectivity index (χ4v) is 9.32. The van der Waals surface area contributed by atoms with E-state index in [0.29, 0.717) is 0 Å². The third kappa shape index (κ3) is 4.30. The molecule has 0 amide bonds. The number of fused-ring (bicyclic) bond motifs is 4. The van der Waals surface area contributed by atoms with Gasteiger partial charge in [-0.3, -0.25) is 0 Å². The van der Waals surface area contributed by atoms with E-state index in [9.17, 15) is 0 Å². The molecule has 2 aliphatic heterocycles. The largest absolute Gasteiger partial charge is 0.347 e. The van der Waals surface area contributed by atoms with E-state index in [2.05, 4.69) is 172 Å². The van der Waals surface area contributed by atoms with Crippen LogP contribution >= 0.6 is 22.7 Å². The lowest BCUT2D eigenvalue weighted by atomic mass is 9.84. The molecule has 7 rings (SSSR count). The molecule has 4 nitrogen and oxygen atoms in total. The van der Waals surface area contributed by atoms with Crippen LogP contribution in [-0.2, 0) is 24.9 Å². The zero-order chi connectivity index (χ0) is 31.0. The molecule has 3 aromatic carbocycles. The average Bonchev–Trinajstić information content (AvgIpc) is 3.61. The van der Waals surface area contributed by atoms with Gasteiger partial charge in [0.2, 0.25) is 11.0 Å². The Kier molecular flexibility index (Phi) is 6.72. The van der Waals surface area contributed by atoms with E-state index in [1.807, 2.05) is 22.7 Å². The molecule has 0 radical (unpaired) electrons. The Hall–Kier alpha value is -4.00. The van der Waals surface area contributed by atoms with E-state index in [-0.39, 0.29) is 10.8 Å². The molecular weight excluding hydrogens is 577 g/mol. The molecule has 4 heterocycles. The van der Waals surface area contributed by atoms with Crippen molar-refractivity contribution < 1.29 is 9.13 Å². The minimum Gasteiger partial charge on any atom is -0.347 e. The summed E-state index contributed by atoms with van der Waals surface area (Å²) in [6.07, 6.45) is 13.5. The van der Waals surface area contributed by atoms with Gasteiger partial charge >= 0.3 is 0 Å². The van der Waals surface area contributed by atoms with Crippen molar-refractivity contribution in [3.05, 3.63) is 118 Å². The van der Waals surface area contributed by atoms with Crippen LogP contribution in [0.2, 0.25) is 0 Å². The van der Waals surface area contributed by atoms with E-state index < -0.39 is 0 Å². The summed E-state index contributed by atoms with van der Waals surface area (Å²) in [7, 11) is 8.70. The molecule has 0 aliphatic carbocycles. The van der Waals surface area contributed by atoms with Crippen molar-refractivity contribution in [2.75, 3.05) is 23.9 Å². The van der Waals surface area contributed by atoms with Crippen molar-refractivity contribution in [2.45, 2.75) is 38.5 Å². The predicted octanol–water partition coefficient (Wildman–Crippen LogP) is 8.41. The first kappa shape index (κ1) is 28.8. The Morgan fingerprint density at radius 3 is 1.39 bits per heavy atom. The number of para-hydroxylation sites is 2. The first-order valence-electron chi connectivity index (χ1n) is 15.2. The maximum absolute atomic E-state index is 2.35. The van der Waals surface area contributed by atoms with Crippen molar-refractivity contribution in [2.24, 2.45) is 14.1 Å². The summed E-state index contributed by atoms with van der Waals surface area (Å²) in [6, 6.07) is 22.2. The number of hydrogen-bond acceptors (Lipinski definition) is 4. The zero-order valence-corrected chi connectivity index (χ0v) is 28.5. The maximum atomic E-state index is 2.35. The van der Waals surface area contributed by atoms with Gasteiger partial charge in [0.25, 0.3) is 10.0 Å². The average molecular weight is 617 g/mol. The van der Waals surface area contributed by atoms with Crippen LogP contribution in [0.15, 0.2) is 96.4 Å². The second-order valence-corrected chi connectivity index (χ2v) is 15.1. The first-order valence-corrected chi connectivity index (χ1v) is 16.8. The third-order valence-electron chi connectivity index (χ3n) is 9.72. The van der Waals surface area contributed by atoms with E-state index in [4.69, 9.17) is 0 Å². The van der Waals surface area contributed by atoms with Gasteiger partial charge in [-0.25, -0.2) is 0 Å². The number of anilines is 2. The van der Waals surface area contributed by atoms with Crippen molar-refractivity contribution in [1.82, 2.24) is 0 Å². The molecule has 6 heteroatoms. The van der Waals surface area contributed by atoms with Gasteiger partial charge < -0.3 is 9.80 Å². The summed E-state index contributed by atoms with van der Waals surface area (Å²) >= 11 is 3.69. The van der Waals surface area contributed by atoms with Gasteiger partial charge in [-0.1, -0.05) is 98.9 Å². The molecule has 0 bridgehead atoms. The lowest BCUT2D eigenvalue weighted by Crippen LogP contribution is -2.30. The van der Waals surface area contributed by atoms with E-state index in [1.54, 1.807) is 0 Å². The van der Waals surface area contributed by atoms with Crippen molar-refractivity contribution in [3.8, 4) is 0 Å². The van der Waals surface area contributed by atoms with Gasteiger partial charge in [-0.15, -0.1) is 0 Å². The Morgan fingerprint density at radius 1 is 0.614 bits per heavy atom. The number of likely N-dealkylation sites (N-methyl/N-ethyl adjacent to an activating group) is 2. The zero-order valence-electron chi connectivity index (χ0n) is 26.8. The van der Waals surface area contributed by atoms with Crippen molar-refractivity contribution in [3.63, 3.8) is 0 Å². The number of nitrogens with zero attached hydrogens (tertiary/aromatic N) is 4. The van der Waals surface area contributed by atoms with E-state index in [1.165, 1.54) is 64.3 Å². The topological polar surface area (TPSA) is 14.2 Å². The Bertz CT molecular complexity index is 1930. The molecule has 0 atom stereocenters. The SMILES string of the molecule is CN1/C(=C/C=C/c2sc3cc4c(cc3[n+]2C)sc(/C=C/C=C2/N(C)c3ccccc3C2(C)C)[n+]4C)C(C)(C)c2ccccc21. The summed E-state index contributed by atoms with van der Waals surface area (Å²) in [5.41, 5.74) is 10.5. The lowest BCUT2D eigenvalue weighted by molar-refractivity contribution is -0.643. The smallest absolute Gasteiger partial charge is 0.262 e. The van der Waals surface area contributed by atoms with Crippen LogP contribution in [0, 0.1) is 0 Å². The standard InChI is InChI=1S/C38H40N4S2/c1-37(2)25-15-9-11-17-27(25)39(5)33(37)19-13-21-35-41(7)29-23-32-30(24-31(29)43-35)42(8)36(44-32)22-14-20-34-38(3,4)26-16-10-12-18-28(26)40(34)6/h9-24H,1-8H3/q+2. The summed E-state index contributed by atoms with van der Waals surface area (Å²) in [4.78, 5) is 4.65. The van der Waals surface area contributed by atoms with Crippen LogP contribution < -0.4 is 18.9 Å². The highest BCUT2D eigenvalue weighted by atomic mass is 32.1. The molecule has 0 N–H and O–H groups in total. The second kappa shape index (κ2) is 10.3. The molecule has 2 aliphatic rings. The van der Waals surface area contributed by atoms with E-state index in [0.717, 1.165) is 0 Å². The van der Waals surface area contributed by atoms with Crippen LogP contribution in [0.4, 0.5) is 11.4 Å². The lowest BCUT2D eigenvalue weighted by Gasteiger charge is -2.23. The highest BCUT2D eigenvalue weighted by Gasteiger charge is 2.38. The maximum Gasteiger partial charge on any atom is 0.262 e. The fourth-order valence-electron chi connectivity index (χ4n) is 7.16. The molecule has 0 saturated heterocycles. The molecule has 0 unspecified atom stereocenters. The summed E-state index contributed by atoms with van der Waals surface area (Å²) in [6.45, 7) is 9.26. The Balaban J connectivity index is 1.16. The first-order chi connectivity index (χ1) is 21.0. The number of allylic oxidation sites excluding steroid dienone is 6. The number of benzene rings is 3. The van der Waals surface area contributed by atoms with Gasteiger partial charge in [-0.2, -0.15) is 9.13 Å². The molecule has 0 saturated carbocycles. The Morgan fingerprint density at radius 2 is 1.00 bits per heavy atom. The minimum atomic E-state index is -0.0199. The summed E-state index contributed by atoms with van der Waals surface area (Å²) < 4.78 is 7.25. The van der Waals surface area contributed by atoms with Gasteiger partial charge in [0.05, 0.1) is 0 Å². The number of hydrogen-bond donors (Lipinski definition) is 0. The quantitative estimate of drug-likeness (QED) is 0.188. The van der Waals surface area contributed by atoms with Crippen molar-refractivity contribution in [1.29, 1.82) is 0 Å². The van der Waals surface area contributed by atoms with Gasteiger partial charge in [0, 0.05) is 72.0 Å². The number of aromatic nitrogens is 2. The molecule has 44 heavy (non-hydrogen) atoms. The van der Waals surface area contributed by atoms with Gasteiger partial charge in [-0.05, 0) is 35.4 Å². The molecular formula is C38H40N4S2+2. The highest BCUT2D eigenvalue weighted by Crippen LogP contribution is 2.47. The van der Waals surface area contributed by atoms with Crippen molar-refractivity contribution >= 4 is 66.6 Å². The molecule has 222 valence electrons. The highest BCUT2D eigenvalue weighted by molar-refractivity contribution is 7.20. The minimum absolute atomic E-state index is 0.0199. The normalized spacial score (nSPS) is 19.1. The number of rotatable bonds is 4. The second-order valence-electron chi connectivity index (χ2n) is 13.0. The van der Waals surface area contributed by atoms with Crippen LogP contribution in [0.1, 0.15) is 48.8 Å². The van der Waals surface area contributed by atoms with E-state index >= 15 is 0 Å². The van der Waals surface area contributed by atoms with Gasteiger partial charge in [0.1, 0.15) is 23.5 Å². The van der Waals surface area contributed by atoms with Crippen LogP contribution in [-0.4, -0.2) is 14.1 Å². The van der Waals surface area contributed by atoms with Gasteiger partial charge in [0.15, 0.2) is 0 Å². The third-order valence-corrected chi connectivity index (χ3v) is 12.1. The van der Waals surface area contributed by atoms with Crippen LogP contribution in [0.25, 0.3) is 32.6 Å². The Labute approximate surface area is 268 Å². The summed E-state index contributed by atoms with van der Waals surface area (Å²) in [5.74, 6) is 0. The predicted molar refractivity (Wildman–Crippen MR) is 190 cm³/mol. The number of aryl methyl sites for hydroxylation is 2. The summed E-state index contributed by atoms with van der Waals surface area (Å²) in [5, 5.41) is 2.48.